The average Bonchev–Trinajstić information content (AvgIpc) is 3.07. The van der Waals surface area contributed by atoms with Crippen LogP contribution in [0.4, 0.5) is 10.1 Å². The first-order valence-corrected chi connectivity index (χ1v) is 7.24. The summed E-state index contributed by atoms with van der Waals surface area (Å²) in [4.78, 5) is 16.5. The molecule has 3 rings (SSSR count). The Morgan fingerprint density at radius 2 is 2.08 bits per heavy atom. The maximum Gasteiger partial charge on any atom is 0.278 e. The molecule has 0 spiro atoms. The molecule has 1 heterocycles. The molecule has 0 saturated carbocycles. The van der Waals surface area contributed by atoms with Crippen LogP contribution in [0, 0.1) is 12.7 Å². The molecule has 1 amide bonds. The lowest BCUT2D eigenvalue weighted by Gasteiger charge is -2.08. The molecule has 2 aromatic carbocycles. The van der Waals surface area contributed by atoms with Crippen molar-refractivity contribution in [3.63, 3.8) is 0 Å². The van der Waals surface area contributed by atoms with Gasteiger partial charge >= 0.3 is 0 Å². The summed E-state index contributed by atoms with van der Waals surface area (Å²) in [6.07, 6.45) is 1.21. The summed E-state index contributed by atoms with van der Waals surface area (Å²) in [6.45, 7) is 1.71. The van der Waals surface area contributed by atoms with Crippen LogP contribution in [0.5, 0.6) is 5.75 Å². The smallest absolute Gasteiger partial charge is 0.278 e. The summed E-state index contributed by atoms with van der Waals surface area (Å²) < 4.78 is 23.7. The molecule has 0 fully saturated rings. The van der Waals surface area contributed by atoms with E-state index in [9.17, 15) is 9.18 Å². The number of halogens is 1. The maximum absolute atomic E-state index is 13.2. The highest BCUT2D eigenvalue weighted by Crippen LogP contribution is 2.27. The molecule has 1 aromatic heterocycles. The minimum absolute atomic E-state index is 0.145. The van der Waals surface area contributed by atoms with Gasteiger partial charge in [-0.1, -0.05) is 12.1 Å². The third-order valence-electron chi connectivity index (χ3n) is 3.55. The summed E-state index contributed by atoms with van der Waals surface area (Å²) in [5.74, 6) is 0.191. The van der Waals surface area contributed by atoms with Gasteiger partial charge in [0, 0.05) is 11.3 Å². The van der Waals surface area contributed by atoms with Crippen molar-refractivity contribution in [3.8, 4) is 17.1 Å². The predicted octanol–water partition coefficient (Wildman–Crippen LogP) is 4.05. The van der Waals surface area contributed by atoms with Crippen LogP contribution in [0.15, 0.2) is 53.3 Å². The number of hydrogen-bond donors (Lipinski definition) is 1. The number of hydrogen-bond acceptors (Lipinski definition) is 4. The van der Waals surface area contributed by atoms with Crippen molar-refractivity contribution in [2.24, 2.45) is 0 Å². The zero-order chi connectivity index (χ0) is 17.1. The zero-order valence-corrected chi connectivity index (χ0v) is 13.2. The second kappa shape index (κ2) is 6.54. The van der Waals surface area contributed by atoms with Crippen LogP contribution >= 0.6 is 0 Å². The summed E-state index contributed by atoms with van der Waals surface area (Å²) >= 11 is 0. The monoisotopic (exact) mass is 326 g/mol. The van der Waals surface area contributed by atoms with Crippen LogP contribution in [0.1, 0.15) is 16.1 Å². The summed E-state index contributed by atoms with van der Waals surface area (Å²) in [6, 6.07) is 11.3. The number of amides is 1. The van der Waals surface area contributed by atoms with Crippen molar-refractivity contribution in [1.82, 2.24) is 4.98 Å². The SMILES string of the molecule is COc1cccc(-c2ocnc2C(=O)Nc2ccc(F)cc2C)c1. The molecule has 24 heavy (non-hydrogen) atoms. The van der Waals surface area contributed by atoms with Crippen molar-refractivity contribution < 1.29 is 18.3 Å². The van der Waals surface area contributed by atoms with Gasteiger partial charge in [-0.15, -0.1) is 0 Å². The van der Waals surface area contributed by atoms with E-state index in [0.29, 0.717) is 28.3 Å². The lowest BCUT2D eigenvalue weighted by atomic mass is 10.1. The zero-order valence-electron chi connectivity index (χ0n) is 13.2. The molecule has 5 nitrogen and oxygen atoms in total. The maximum atomic E-state index is 13.2. The molecule has 0 radical (unpaired) electrons. The number of benzene rings is 2. The molecule has 0 unspecified atom stereocenters. The van der Waals surface area contributed by atoms with Crippen LogP contribution in [-0.4, -0.2) is 18.0 Å². The van der Waals surface area contributed by atoms with E-state index in [4.69, 9.17) is 9.15 Å². The summed E-state index contributed by atoms with van der Waals surface area (Å²) in [5.41, 5.74) is 1.95. The third-order valence-corrected chi connectivity index (χ3v) is 3.55. The van der Waals surface area contributed by atoms with Gasteiger partial charge in [0.2, 0.25) is 0 Å². The number of nitrogens with one attached hydrogen (secondary N) is 1. The number of aryl methyl sites for hydroxylation is 1. The van der Waals surface area contributed by atoms with Crippen molar-refractivity contribution in [1.29, 1.82) is 0 Å². The molecule has 122 valence electrons. The van der Waals surface area contributed by atoms with E-state index in [1.54, 1.807) is 38.3 Å². The van der Waals surface area contributed by atoms with Gasteiger partial charge in [-0.05, 0) is 42.8 Å². The summed E-state index contributed by atoms with van der Waals surface area (Å²) in [7, 11) is 1.56. The van der Waals surface area contributed by atoms with Crippen molar-refractivity contribution in [3.05, 3.63) is 65.9 Å². The number of methoxy groups -OCH3 is 1. The molecule has 0 aliphatic heterocycles. The topological polar surface area (TPSA) is 64.4 Å². The molecule has 0 atom stereocenters. The number of ether oxygens (including phenoxy) is 1. The van der Waals surface area contributed by atoms with Crippen molar-refractivity contribution >= 4 is 11.6 Å². The molecule has 0 aliphatic rings. The van der Waals surface area contributed by atoms with E-state index in [0.717, 1.165) is 0 Å². The molecule has 0 saturated heterocycles. The third kappa shape index (κ3) is 3.12. The van der Waals surface area contributed by atoms with Gasteiger partial charge in [0.05, 0.1) is 7.11 Å². The van der Waals surface area contributed by atoms with Crippen LogP contribution in [0.3, 0.4) is 0 Å². The van der Waals surface area contributed by atoms with Crippen LogP contribution in [0.25, 0.3) is 11.3 Å². The first kappa shape index (κ1) is 15.7. The average molecular weight is 326 g/mol. The fourth-order valence-corrected chi connectivity index (χ4v) is 2.33. The number of carbonyl (C=O) groups excluding carboxylic acids is 1. The van der Waals surface area contributed by atoms with E-state index in [-0.39, 0.29) is 11.5 Å². The quantitative estimate of drug-likeness (QED) is 0.785. The molecule has 1 N–H and O–H groups in total. The number of aromatic nitrogens is 1. The lowest BCUT2D eigenvalue weighted by Crippen LogP contribution is -2.14. The second-order valence-corrected chi connectivity index (χ2v) is 5.18. The lowest BCUT2D eigenvalue weighted by molar-refractivity contribution is 0.102. The molecule has 3 aromatic rings. The highest BCUT2D eigenvalue weighted by molar-refractivity contribution is 6.06. The first-order valence-electron chi connectivity index (χ1n) is 7.24. The minimum Gasteiger partial charge on any atom is -0.497 e. The van der Waals surface area contributed by atoms with Gasteiger partial charge in [0.1, 0.15) is 11.6 Å². The Morgan fingerprint density at radius 3 is 2.83 bits per heavy atom. The van der Waals surface area contributed by atoms with E-state index in [1.807, 2.05) is 0 Å². The Kier molecular flexibility index (Phi) is 4.29. The highest BCUT2D eigenvalue weighted by atomic mass is 19.1. The Bertz CT molecular complexity index is 889. The van der Waals surface area contributed by atoms with E-state index in [2.05, 4.69) is 10.3 Å². The molecule has 0 aliphatic carbocycles. The van der Waals surface area contributed by atoms with Gasteiger partial charge in [-0.2, -0.15) is 0 Å². The number of carbonyl (C=O) groups is 1. The van der Waals surface area contributed by atoms with Gasteiger partial charge in [-0.25, -0.2) is 9.37 Å². The normalized spacial score (nSPS) is 10.5. The van der Waals surface area contributed by atoms with E-state index >= 15 is 0 Å². The van der Waals surface area contributed by atoms with E-state index < -0.39 is 5.91 Å². The number of rotatable bonds is 4. The Hall–Kier alpha value is -3.15. The highest BCUT2D eigenvalue weighted by Gasteiger charge is 2.19. The molecule has 0 bridgehead atoms. The Morgan fingerprint density at radius 1 is 1.25 bits per heavy atom. The van der Waals surface area contributed by atoms with Gasteiger partial charge in [0.15, 0.2) is 17.8 Å². The summed E-state index contributed by atoms with van der Waals surface area (Å²) in [5, 5.41) is 2.72. The van der Waals surface area contributed by atoms with Crippen molar-refractivity contribution in [2.75, 3.05) is 12.4 Å². The number of nitrogens with zero attached hydrogens (tertiary/aromatic N) is 1. The van der Waals surface area contributed by atoms with Gasteiger partial charge < -0.3 is 14.5 Å². The van der Waals surface area contributed by atoms with Crippen LogP contribution < -0.4 is 10.1 Å². The van der Waals surface area contributed by atoms with Gasteiger partial charge in [0.25, 0.3) is 5.91 Å². The minimum atomic E-state index is -0.434. The number of oxazole rings is 1. The number of anilines is 1. The standard InChI is InChI=1S/C18H15FN2O3/c1-11-8-13(19)6-7-15(11)21-18(22)16-17(24-10-20-16)12-4-3-5-14(9-12)23-2/h3-10H,1-2H3,(H,21,22). The molecule has 6 heteroatoms. The van der Waals surface area contributed by atoms with Crippen LogP contribution in [-0.2, 0) is 0 Å². The predicted molar refractivity (Wildman–Crippen MR) is 87.6 cm³/mol. The largest absolute Gasteiger partial charge is 0.497 e. The van der Waals surface area contributed by atoms with E-state index in [1.165, 1.54) is 24.6 Å². The Labute approximate surface area is 138 Å². The Balaban J connectivity index is 1.90. The fourth-order valence-electron chi connectivity index (χ4n) is 2.33. The molecular weight excluding hydrogens is 311 g/mol. The van der Waals surface area contributed by atoms with Crippen molar-refractivity contribution in [2.45, 2.75) is 6.92 Å². The van der Waals surface area contributed by atoms with Crippen LogP contribution in [0.2, 0.25) is 0 Å². The fraction of sp³-hybridized carbons (Fsp3) is 0.111. The first-order chi connectivity index (χ1) is 11.6. The van der Waals surface area contributed by atoms with Gasteiger partial charge in [-0.3, -0.25) is 4.79 Å². The second-order valence-electron chi connectivity index (χ2n) is 5.18. The molecular formula is C18H15FN2O3.